The zero-order valence-electron chi connectivity index (χ0n) is 18.9. The Labute approximate surface area is 178 Å². The molecule has 2 aromatic rings. The maximum atomic E-state index is 6.04. The minimum absolute atomic E-state index is 0.104. The van der Waals surface area contributed by atoms with Crippen molar-refractivity contribution in [2.75, 3.05) is 31.9 Å². The Bertz CT molecular complexity index is 835. The summed E-state index contributed by atoms with van der Waals surface area (Å²) in [5, 5.41) is 2.68. The maximum absolute atomic E-state index is 6.04. The lowest BCUT2D eigenvalue weighted by atomic mass is 9.86. The van der Waals surface area contributed by atoms with Crippen LogP contribution in [0, 0.1) is 13.8 Å². The smallest absolute Gasteiger partial charge is 0.188 e. The number of hydrogen-bond donors (Lipinski definition) is 0. The summed E-state index contributed by atoms with van der Waals surface area (Å²) >= 11 is 0. The van der Waals surface area contributed by atoms with Gasteiger partial charge in [-0.2, -0.15) is 0 Å². The molecular weight excluding hydrogens is 377 g/mol. The van der Waals surface area contributed by atoms with Crippen molar-refractivity contribution in [2.24, 2.45) is 0 Å². The molecule has 2 aromatic carbocycles. The van der Waals surface area contributed by atoms with Crippen LogP contribution in [-0.4, -0.2) is 27.0 Å². The molecular formula is C25H36NO2P. The highest BCUT2D eigenvalue weighted by Gasteiger charge is 2.21. The maximum Gasteiger partial charge on any atom is 0.188 e. The van der Waals surface area contributed by atoms with Gasteiger partial charge in [-0.3, -0.25) is 0 Å². The molecule has 1 unspecified atom stereocenters. The van der Waals surface area contributed by atoms with E-state index in [0.29, 0.717) is 8.58 Å². The molecule has 0 spiro atoms. The van der Waals surface area contributed by atoms with Crippen LogP contribution in [0.5, 0.6) is 5.75 Å². The Kier molecular flexibility index (Phi) is 7.24. The van der Waals surface area contributed by atoms with Gasteiger partial charge in [0, 0.05) is 36.5 Å². The second kappa shape index (κ2) is 9.49. The molecule has 0 N–H and O–H groups in total. The van der Waals surface area contributed by atoms with Gasteiger partial charge < -0.3 is 14.4 Å². The number of methoxy groups -OCH3 is 1. The molecule has 0 radical (unpaired) electrons. The molecule has 1 atom stereocenters. The molecule has 0 aliphatic carbocycles. The number of ether oxygens (including phenoxy) is 2. The number of rotatable bonds is 6. The summed E-state index contributed by atoms with van der Waals surface area (Å²) in [5.41, 5.74) is 5.37. The molecule has 1 aliphatic heterocycles. The lowest BCUT2D eigenvalue weighted by molar-refractivity contribution is 0.0514. The van der Waals surface area contributed by atoms with Crippen LogP contribution in [-0.2, 0) is 10.2 Å². The summed E-state index contributed by atoms with van der Waals surface area (Å²) in [6, 6.07) is 11.5. The number of anilines is 1. The van der Waals surface area contributed by atoms with Gasteiger partial charge in [0.05, 0.1) is 0 Å². The standard InChI is InChI=1S/C25H36NO2P/c1-18-10-11-22(21(14-18)26-12-8-7-9-13-26)29-23-16-20(25(3,4)5)15-19(2)24(23)28-17-27-6/h10-11,14-16,29H,7-9,12-13,17H2,1-6H3. The fourth-order valence-electron chi connectivity index (χ4n) is 3.90. The molecule has 1 saturated heterocycles. The molecule has 29 heavy (non-hydrogen) atoms. The molecule has 3 rings (SSSR count). The Morgan fingerprint density at radius 3 is 2.34 bits per heavy atom. The molecule has 158 valence electrons. The Balaban J connectivity index is 2.03. The first-order valence-corrected chi connectivity index (χ1v) is 11.7. The van der Waals surface area contributed by atoms with E-state index in [1.165, 1.54) is 52.2 Å². The van der Waals surface area contributed by atoms with Gasteiger partial charge in [-0.05, 0) is 67.3 Å². The van der Waals surface area contributed by atoms with Gasteiger partial charge in [-0.25, -0.2) is 0 Å². The van der Waals surface area contributed by atoms with Crippen LogP contribution in [0.25, 0.3) is 0 Å². The SMILES string of the molecule is COCOc1c(C)cc(C(C)(C)C)cc1Pc1ccc(C)cc1N1CCCCC1. The molecule has 4 heteroatoms. The summed E-state index contributed by atoms with van der Waals surface area (Å²) in [5.74, 6) is 0.975. The predicted octanol–water partition coefficient (Wildman–Crippen LogP) is 5.20. The van der Waals surface area contributed by atoms with Gasteiger partial charge in [-0.1, -0.05) is 47.6 Å². The first-order chi connectivity index (χ1) is 13.8. The molecule has 0 bridgehead atoms. The van der Waals surface area contributed by atoms with E-state index in [1.807, 2.05) is 0 Å². The number of nitrogens with zero attached hydrogens (tertiary/aromatic N) is 1. The second-order valence-electron chi connectivity index (χ2n) is 9.16. The van der Waals surface area contributed by atoms with Crippen LogP contribution < -0.4 is 20.2 Å². The lowest BCUT2D eigenvalue weighted by Gasteiger charge is -2.31. The topological polar surface area (TPSA) is 21.7 Å². The minimum Gasteiger partial charge on any atom is -0.467 e. The molecule has 0 saturated carbocycles. The van der Waals surface area contributed by atoms with Gasteiger partial charge in [0.1, 0.15) is 5.75 Å². The molecule has 0 amide bonds. The summed E-state index contributed by atoms with van der Waals surface area (Å²) in [6.07, 6.45) is 3.93. The van der Waals surface area contributed by atoms with E-state index in [-0.39, 0.29) is 12.2 Å². The molecule has 1 fully saturated rings. The van der Waals surface area contributed by atoms with Crippen molar-refractivity contribution in [1.82, 2.24) is 0 Å². The Morgan fingerprint density at radius 1 is 0.966 bits per heavy atom. The second-order valence-corrected chi connectivity index (χ2v) is 10.5. The Hall–Kier alpha value is -1.57. The zero-order chi connectivity index (χ0) is 21.0. The van der Waals surface area contributed by atoms with E-state index in [4.69, 9.17) is 9.47 Å². The van der Waals surface area contributed by atoms with Crippen LogP contribution in [0.15, 0.2) is 30.3 Å². The Morgan fingerprint density at radius 2 is 1.69 bits per heavy atom. The van der Waals surface area contributed by atoms with Gasteiger partial charge in [-0.15, -0.1) is 0 Å². The van der Waals surface area contributed by atoms with Gasteiger partial charge in [0.25, 0.3) is 0 Å². The van der Waals surface area contributed by atoms with Gasteiger partial charge in [0.2, 0.25) is 0 Å². The molecule has 1 heterocycles. The highest BCUT2D eigenvalue weighted by atomic mass is 31.1. The van der Waals surface area contributed by atoms with Crippen molar-refractivity contribution in [2.45, 2.75) is 59.3 Å². The summed E-state index contributed by atoms with van der Waals surface area (Å²) in [4.78, 5) is 2.58. The van der Waals surface area contributed by atoms with Gasteiger partial charge >= 0.3 is 0 Å². The molecule has 0 aromatic heterocycles. The molecule has 1 aliphatic rings. The fourth-order valence-corrected chi connectivity index (χ4v) is 5.32. The average molecular weight is 414 g/mol. The first kappa shape index (κ1) is 22.1. The van der Waals surface area contributed by atoms with Crippen molar-refractivity contribution in [3.63, 3.8) is 0 Å². The van der Waals surface area contributed by atoms with Crippen molar-refractivity contribution < 1.29 is 9.47 Å². The summed E-state index contributed by atoms with van der Waals surface area (Å²) in [6.45, 7) is 13.8. The van der Waals surface area contributed by atoms with Crippen LogP contribution in [0.4, 0.5) is 5.69 Å². The average Bonchev–Trinajstić information content (AvgIpc) is 2.68. The van der Waals surface area contributed by atoms with E-state index in [0.717, 1.165) is 18.8 Å². The third-order valence-electron chi connectivity index (χ3n) is 5.58. The summed E-state index contributed by atoms with van der Waals surface area (Å²) < 4.78 is 11.2. The highest BCUT2D eigenvalue weighted by Crippen LogP contribution is 2.33. The number of benzene rings is 2. The number of aryl methyl sites for hydroxylation is 2. The minimum atomic E-state index is 0.104. The highest BCUT2D eigenvalue weighted by molar-refractivity contribution is 7.56. The zero-order valence-corrected chi connectivity index (χ0v) is 19.9. The predicted molar refractivity (Wildman–Crippen MR) is 127 cm³/mol. The van der Waals surface area contributed by atoms with Gasteiger partial charge in [0.15, 0.2) is 6.79 Å². The van der Waals surface area contributed by atoms with E-state index in [2.05, 4.69) is 69.9 Å². The lowest BCUT2D eigenvalue weighted by Crippen LogP contribution is -2.32. The fraction of sp³-hybridized carbons (Fsp3) is 0.520. The van der Waals surface area contributed by atoms with E-state index in [9.17, 15) is 0 Å². The largest absolute Gasteiger partial charge is 0.467 e. The van der Waals surface area contributed by atoms with E-state index >= 15 is 0 Å². The third-order valence-corrected chi connectivity index (χ3v) is 6.91. The van der Waals surface area contributed by atoms with Crippen molar-refractivity contribution in [3.05, 3.63) is 47.0 Å². The molecule has 3 nitrogen and oxygen atoms in total. The number of hydrogen-bond acceptors (Lipinski definition) is 3. The third kappa shape index (κ3) is 5.53. The van der Waals surface area contributed by atoms with Crippen LogP contribution in [0.3, 0.4) is 0 Å². The van der Waals surface area contributed by atoms with Crippen molar-refractivity contribution in [1.29, 1.82) is 0 Å². The van der Waals surface area contributed by atoms with E-state index < -0.39 is 0 Å². The normalized spacial score (nSPS) is 15.3. The number of piperidine rings is 1. The van der Waals surface area contributed by atoms with Crippen molar-refractivity contribution in [3.8, 4) is 5.75 Å². The summed E-state index contributed by atoms with van der Waals surface area (Å²) in [7, 11) is 2.23. The van der Waals surface area contributed by atoms with Crippen LogP contribution >= 0.6 is 8.58 Å². The van der Waals surface area contributed by atoms with Crippen molar-refractivity contribution >= 4 is 24.9 Å². The monoisotopic (exact) mass is 413 g/mol. The van der Waals surface area contributed by atoms with Crippen LogP contribution in [0.1, 0.15) is 56.7 Å². The first-order valence-electron chi connectivity index (χ1n) is 10.7. The quantitative estimate of drug-likeness (QED) is 0.480. The van der Waals surface area contributed by atoms with E-state index in [1.54, 1.807) is 7.11 Å². The van der Waals surface area contributed by atoms with Crippen LogP contribution in [0.2, 0.25) is 0 Å².